The standard InChI is InChI=1S/C48H96NO8P/c1-6-8-9-10-11-12-13-14-15-16-17-18-19-20-21-22-23-24-25-26-27-28-29-30-31-32-33-34-35-36-37-38-39-41-47(50)54-44-46(57-48(51)40-7-2)45-56-58(52,53)55-43-42-49(3,4)5/h46H,6-45H2,1-5H3/p+1/t46-/m1/s1. The first-order chi connectivity index (χ1) is 28.0. The molecule has 58 heavy (non-hydrogen) atoms. The Kier molecular flexibility index (Phi) is 40.7. The number of carbonyl (C=O) groups is 2. The van der Waals surface area contributed by atoms with E-state index in [0.29, 0.717) is 23.9 Å². The third-order valence-electron chi connectivity index (χ3n) is 11.1. The van der Waals surface area contributed by atoms with E-state index in [1.54, 1.807) is 0 Å². The van der Waals surface area contributed by atoms with E-state index in [9.17, 15) is 19.0 Å². The second-order valence-electron chi connectivity index (χ2n) is 18.2. The summed E-state index contributed by atoms with van der Waals surface area (Å²) in [5.74, 6) is -0.846. The summed E-state index contributed by atoms with van der Waals surface area (Å²) in [6.45, 7) is 4.06. The third-order valence-corrected chi connectivity index (χ3v) is 12.1. The first kappa shape index (κ1) is 57.0. The predicted molar refractivity (Wildman–Crippen MR) is 243 cm³/mol. The van der Waals surface area contributed by atoms with Gasteiger partial charge in [-0.05, 0) is 12.8 Å². The maximum absolute atomic E-state index is 12.3. The van der Waals surface area contributed by atoms with Gasteiger partial charge in [0.05, 0.1) is 27.7 Å². The summed E-state index contributed by atoms with van der Waals surface area (Å²) < 4.78 is 33.6. The molecule has 0 aliphatic heterocycles. The number of rotatable bonds is 46. The Morgan fingerprint density at radius 2 is 0.810 bits per heavy atom. The van der Waals surface area contributed by atoms with Gasteiger partial charge < -0.3 is 18.9 Å². The highest BCUT2D eigenvalue weighted by atomic mass is 31.2. The maximum atomic E-state index is 12.3. The van der Waals surface area contributed by atoms with Gasteiger partial charge in [-0.1, -0.05) is 219 Å². The lowest BCUT2D eigenvalue weighted by Crippen LogP contribution is -2.37. The molecule has 0 saturated heterocycles. The van der Waals surface area contributed by atoms with Crippen LogP contribution in [0.4, 0.5) is 0 Å². The van der Waals surface area contributed by atoms with E-state index in [4.69, 9.17) is 18.5 Å². The van der Waals surface area contributed by atoms with Crippen molar-refractivity contribution in [2.45, 2.75) is 251 Å². The Bertz CT molecular complexity index is 958. The van der Waals surface area contributed by atoms with Crippen LogP contribution in [0, 0.1) is 0 Å². The Morgan fingerprint density at radius 1 is 0.466 bits per heavy atom. The van der Waals surface area contributed by atoms with Crippen LogP contribution in [0.5, 0.6) is 0 Å². The van der Waals surface area contributed by atoms with Gasteiger partial charge >= 0.3 is 19.8 Å². The van der Waals surface area contributed by atoms with Crippen molar-refractivity contribution in [1.29, 1.82) is 0 Å². The van der Waals surface area contributed by atoms with E-state index in [2.05, 4.69) is 6.92 Å². The van der Waals surface area contributed by atoms with Gasteiger partial charge in [0.2, 0.25) is 0 Å². The van der Waals surface area contributed by atoms with Crippen LogP contribution >= 0.6 is 7.82 Å². The molecule has 0 rings (SSSR count). The van der Waals surface area contributed by atoms with Crippen LogP contribution in [0.3, 0.4) is 0 Å². The molecular formula is C48H97NO8P+. The summed E-state index contributed by atoms with van der Waals surface area (Å²) in [6, 6.07) is 0. The van der Waals surface area contributed by atoms with Crippen molar-refractivity contribution < 1.29 is 42.1 Å². The molecule has 10 heteroatoms. The third kappa shape index (κ3) is 44.6. The Balaban J connectivity index is 3.57. The summed E-state index contributed by atoms with van der Waals surface area (Å²) in [4.78, 5) is 34.4. The minimum absolute atomic E-state index is 0.0340. The van der Waals surface area contributed by atoms with Crippen LogP contribution < -0.4 is 0 Å². The van der Waals surface area contributed by atoms with Gasteiger partial charge in [0.15, 0.2) is 6.10 Å². The van der Waals surface area contributed by atoms with Crippen molar-refractivity contribution in [2.24, 2.45) is 0 Å². The second-order valence-corrected chi connectivity index (χ2v) is 19.7. The van der Waals surface area contributed by atoms with Crippen molar-refractivity contribution in [3.63, 3.8) is 0 Å². The van der Waals surface area contributed by atoms with E-state index in [1.807, 2.05) is 28.1 Å². The number of esters is 2. The van der Waals surface area contributed by atoms with Crippen LogP contribution in [0.25, 0.3) is 0 Å². The van der Waals surface area contributed by atoms with E-state index >= 15 is 0 Å². The van der Waals surface area contributed by atoms with Crippen LogP contribution in [-0.4, -0.2) is 74.9 Å². The van der Waals surface area contributed by atoms with Gasteiger partial charge in [-0.2, -0.15) is 0 Å². The van der Waals surface area contributed by atoms with Crippen LogP contribution in [0.1, 0.15) is 245 Å². The fourth-order valence-corrected chi connectivity index (χ4v) is 8.03. The van der Waals surface area contributed by atoms with Crippen LogP contribution in [-0.2, 0) is 32.7 Å². The predicted octanol–water partition coefficient (Wildman–Crippen LogP) is 14.4. The zero-order chi connectivity index (χ0) is 42.8. The highest BCUT2D eigenvalue weighted by Gasteiger charge is 2.27. The smallest absolute Gasteiger partial charge is 0.462 e. The van der Waals surface area contributed by atoms with Crippen molar-refractivity contribution in [3.8, 4) is 0 Å². The lowest BCUT2D eigenvalue weighted by Gasteiger charge is -2.24. The molecule has 0 amide bonds. The Labute approximate surface area is 359 Å². The number of hydrogen-bond acceptors (Lipinski definition) is 7. The van der Waals surface area contributed by atoms with E-state index in [0.717, 1.165) is 19.3 Å². The van der Waals surface area contributed by atoms with Gasteiger partial charge in [0, 0.05) is 12.8 Å². The number of phosphoric acid groups is 1. The van der Waals surface area contributed by atoms with E-state index in [1.165, 1.54) is 193 Å². The number of likely N-dealkylation sites (N-methyl/N-ethyl adjacent to an activating group) is 1. The molecule has 1 unspecified atom stereocenters. The van der Waals surface area contributed by atoms with E-state index in [-0.39, 0.29) is 25.6 Å². The van der Waals surface area contributed by atoms with Gasteiger partial charge in [-0.15, -0.1) is 0 Å². The molecule has 9 nitrogen and oxygen atoms in total. The largest absolute Gasteiger partial charge is 0.472 e. The number of quaternary nitrogens is 1. The van der Waals surface area contributed by atoms with Crippen molar-refractivity contribution in [1.82, 2.24) is 0 Å². The summed E-state index contributed by atoms with van der Waals surface area (Å²) in [7, 11) is 1.48. The zero-order valence-corrected chi connectivity index (χ0v) is 40.0. The highest BCUT2D eigenvalue weighted by Crippen LogP contribution is 2.43. The quantitative estimate of drug-likeness (QED) is 0.0279. The van der Waals surface area contributed by atoms with Gasteiger partial charge in [-0.3, -0.25) is 18.6 Å². The average Bonchev–Trinajstić information content (AvgIpc) is 3.17. The Morgan fingerprint density at radius 3 is 1.14 bits per heavy atom. The molecule has 0 spiro atoms. The molecule has 346 valence electrons. The van der Waals surface area contributed by atoms with E-state index < -0.39 is 26.5 Å². The number of unbranched alkanes of at least 4 members (excludes halogenated alkanes) is 32. The van der Waals surface area contributed by atoms with Gasteiger partial charge in [0.25, 0.3) is 0 Å². The molecular weight excluding hydrogens is 750 g/mol. The summed E-state index contributed by atoms with van der Waals surface area (Å²) in [5.41, 5.74) is 0. The van der Waals surface area contributed by atoms with Crippen molar-refractivity contribution >= 4 is 19.8 Å². The fourth-order valence-electron chi connectivity index (χ4n) is 7.29. The summed E-state index contributed by atoms with van der Waals surface area (Å²) in [5, 5.41) is 0. The molecule has 1 N–H and O–H groups in total. The summed E-state index contributed by atoms with van der Waals surface area (Å²) >= 11 is 0. The molecule has 0 aromatic heterocycles. The average molecular weight is 847 g/mol. The molecule has 0 aliphatic carbocycles. The first-order valence-electron chi connectivity index (χ1n) is 24.8. The van der Waals surface area contributed by atoms with Crippen molar-refractivity contribution in [3.05, 3.63) is 0 Å². The minimum atomic E-state index is -4.34. The van der Waals surface area contributed by atoms with Crippen LogP contribution in [0.15, 0.2) is 0 Å². The first-order valence-corrected chi connectivity index (χ1v) is 26.3. The molecule has 0 aliphatic rings. The molecule has 0 aromatic carbocycles. The maximum Gasteiger partial charge on any atom is 0.472 e. The lowest BCUT2D eigenvalue weighted by atomic mass is 10.0. The number of nitrogens with zero attached hydrogens (tertiary/aromatic N) is 1. The molecule has 0 bridgehead atoms. The lowest BCUT2D eigenvalue weighted by molar-refractivity contribution is -0.870. The number of ether oxygens (including phenoxy) is 2. The Hall–Kier alpha value is -0.990. The highest BCUT2D eigenvalue weighted by molar-refractivity contribution is 7.47. The number of carbonyl (C=O) groups excluding carboxylic acids is 2. The molecule has 0 aromatic rings. The van der Waals surface area contributed by atoms with Gasteiger partial charge in [-0.25, -0.2) is 4.57 Å². The minimum Gasteiger partial charge on any atom is -0.462 e. The molecule has 0 fully saturated rings. The fraction of sp³-hybridized carbons (Fsp3) is 0.958. The molecule has 0 radical (unpaired) electrons. The summed E-state index contributed by atoms with van der Waals surface area (Å²) in [6.07, 6.45) is 45.3. The number of hydrogen-bond donors (Lipinski definition) is 1. The normalized spacial score (nSPS) is 13.4. The molecule has 0 heterocycles. The van der Waals surface area contributed by atoms with Crippen molar-refractivity contribution in [2.75, 3.05) is 47.5 Å². The molecule has 2 atom stereocenters. The topological polar surface area (TPSA) is 108 Å². The van der Waals surface area contributed by atoms with Crippen LogP contribution in [0.2, 0.25) is 0 Å². The monoisotopic (exact) mass is 847 g/mol. The zero-order valence-electron chi connectivity index (χ0n) is 39.1. The molecule has 0 saturated carbocycles. The van der Waals surface area contributed by atoms with Gasteiger partial charge in [0.1, 0.15) is 19.8 Å². The number of phosphoric ester groups is 1. The SMILES string of the molecule is CCCCCCCCCCCCCCCCCCCCCCCCCCCCCCCCCCCC(=O)OC[C@H](COP(=O)(O)OCC[N+](C)(C)C)OC(=O)CCC. The second kappa shape index (κ2) is 41.4.